The SMILES string of the molecule is CC(O)Nc1cc(C(C)C)ccc(CN2CCN(c3ccc(F)cc3)CC2)c1=O. The Kier molecular flexibility index (Phi) is 6.87. The second kappa shape index (κ2) is 9.37. The maximum Gasteiger partial charge on any atom is 0.206 e. The molecule has 1 fully saturated rings. The monoisotopic (exact) mass is 399 g/mol. The Labute approximate surface area is 171 Å². The van der Waals surface area contributed by atoms with Crippen LogP contribution < -0.4 is 15.6 Å². The molecule has 1 heterocycles. The molecule has 6 heteroatoms. The van der Waals surface area contributed by atoms with Gasteiger partial charge < -0.3 is 15.3 Å². The van der Waals surface area contributed by atoms with Crippen LogP contribution in [-0.4, -0.2) is 42.4 Å². The Morgan fingerprint density at radius 1 is 1.03 bits per heavy atom. The molecular weight excluding hydrogens is 369 g/mol. The van der Waals surface area contributed by atoms with Crippen molar-refractivity contribution in [3.05, 3.63) is 69.6 Å². The molecule has 2 aromatic rings. The summed E-state index contributed by atoms with van der Waals surface area (Å²) >= 11 is 0. The molecule has 5 nitrogen and oxygen atoms in total. The van der Waals surface area contributed by atoms with E-state index in [1.54, 1.807) is 19.1 Å². The van der Waals surface area contributed by atoms with Crippen LogP contribution >= 0.6 is 0 Å². The molecule has 0 spiro atoms. The lowest BCUT2D eigenvalue weighted by Crippen LogP contribution is -2.46. The van der Waals surface area contributed by atoms with Crippen LogP contribution in [0.25, 0.3) is 0 Å². The van der Waals surface area contributed by atoms with E-state index in [0.29, 0.717) is 12.2 Å². The Balaban J connectivity index is 1.74. The summed E-state index contributed by atoms with van der Waals surface area (Å²) in [5.74, 6) is 0.0538. The van der Waals surface area contributed by atoms with E-state index in [1.807, 2.05) is 18.2 Å². The minimum Gasteiger partial charge on any atom is -0.374 e. The third-order valence-corrected chi connectivity index (χ3v) is 5.31. The maximum atomic E-state index is 13.1. The molecule has 0 aromatic heterocycles. The van der Waals surface area contributed by atoms with E-state index in [9.17, 15) is 14.3 Å². The topological polar surface area (TPSA) is 55.8 Å². The zero-order valence-corrected chi connectivity index (χ0v) is 17.4. The predicted molar refractivity (Wildman–Crippen MR) is 116 cm³/mol. The molecule has 2 N–H and O–H groups in total. The van der Waals surface area contributed by atoms with Crippen molar-refractivity contribution in [1.29, 1.82) is 0 Å². The maximum absolute atomic E-state index is 13.1. The molecule has 0 saturated carbocycles. The van der Waals surface area contributed by atoms with Gasteiger partial charge in [-0.15, -0.1) is 0 Å². The summed E-state index contributed by atoms with van der Waals surface area (Å²) in [5, 5.41) is 12.6. The largest absolute Gasteiger partial charge is 0.374 e. The summed E-state index contributed by atoms with van der Waals surface area (Å²) in [6.07, 6.45) is -0.794. The minimum atomic E-state index is -0.794. The highest BCUT2D eigenvalue weighted by Crippen LogP contribution is 2.19. The molecule has 0 amide bonds. The van der Waals surface area contributed by atoms with Gasteiger partial charge in [0.25, 0.3) is 0 Å². The van der Waals surface area contributed by atoms with Gasteiger partial charge >= 0.3 is 0 Å². The molecule has 0 radical (unpaired) electrons. The first-order valence-electron chi connectivity index (χ1n) is 10.2. The first kappa shape index (κ1) is 21.3. The van der Waals surface area contributed by atoms with Crippen molar-refractivity contribution in [3.8, 4) is 0 Å². The number of benzene rings is 1. The number of nitrogens with one attached hydrogen (secondary N) is 1. The van der Waals surface area contributed by atoms with Gasteiger partial charge in [-0.1, -0.05) is 26.0 Å². The smallest absolute Gasteiger partial charge is 0.206 e. The molecule has 1 unspecified atom stereocenters. The molecule has 29 heavy (non-hydrogen) atoms. The lowest BCUT2D eigenvalue weighted by atomic mass is 10.1. The lowest BCUT2D eigenvalue weighted by molar-refractivity contribution is 0.224. The fourth-order valence-electron chi connectivity index (χ4n) is 3.60. The van der Waals surface area contributed by atoms with Gasteiger partial charge in [0.15, 0.2) is 0 Å². The molecule has 0 bridgehead atoms. The van der Waals surface area contributed by atoms with Crippen molar-refractivity contribution in [2.24, 2.45) is 0 Å². The van der Waals surface area contributed by atoms with Gasteiger partial charge in [0.2, 0.25) is 5.43 Å². The first-order valence-corrected chi connectivity index (χ1v) is 10.2. The van der Waals surface area contributed by atoms with Crippen LogP contribution in [0.1, 0.15) is 37.8 Å². The van der Waals surface area contributed by atoms with Crippen LogP contribution in [0, 0.1) is 5.82 Å². The van der Waals surface area contributed by atoms with Gasteiger partial charge in [0.1, 0.15) is 12.0 Å². The van der Waals surface area contributed by atoms with Gasteiger partial charge in [0, 0.05) is 44.0 Å². The quantitative estimate of drug-likeness (QED) is 0.730. The van der Waals surface area contributed by atoms with Crippen LogP contribution in [0.5, 0.6) is 0 Å². The number of rotatable bonds is 6. The second-order valence-corrected chi connectivity index (χ2v) is 7.96. The van der Waals surface area contributed by atoms with Gasteiger partial charge in [-0.25, -0.2) is 4.39 Å². The molecule has 1 aliphatic heterocycles. The number of anilines is 2. The fourth-order valence-corrected chi connectivity index (χ4v) is 3.60. The number of nitrogens with zero attached hydrogens (tertiary/aromatic N) is 2. The van der Waals surface area contributed by atoms with Crippen molar-refractivity contribution in [2.75, 3.05) is 36.4 Å². The summed E-state index contributed by atoms with van der Waals surface area (Å²) < 4.78 is 13.1. The highest BCUT2D eigenvalue weighted by molar-refractivity contribution is 5.48. The predicted octanol–water partition coefficient (Wildman–Crippen LogP) is 3.38. The van der Waals surface area contributed by atoms with Crippen LogP contribution in [0.15, 0.2) is 47.3 Å². The zero-order valence-electron chi connectivity index (χ0n) is 17.4. The van der Waals surface area contributed by atoms with Crippen LogP contribution in [-0.2, 0) is 6.54 Å². The zero-order chi connectivity index (χ0) is 21.0. The van der Waals surface area contributed by atoms with Crippen LogP contribution in [0.3, 0.4) is 0 Å². The van der Waals surface area contributed by atoms with E-state index in [-0.39, 0.29) is 17.2 Å². The molecule has 0 aliphatic carbocycles. The van der Waals surface area contributed by atoms with Crippen molar-refractivity contribution < 1.29 is 9.50 Å². The number of aliphatic hydroxyl groups excluding tert-OH is 1. The summed E-state index contributed by atoms with van der Waals surface area (Å²) in [5.41, 5.74) is 3.16. The molecule has 1 saturated heterocycles. The van der Waals surface area contributed by atoms with Crippen molar-refractivity contribution in [3.63, 3.8) is 0 Å². The number of piperazine rings is 1. The van der Waals surface area contributed by atoms with Gasteiger partial charge in [-0.05, 0) is 48.7 Å². The third-order valence-electron chi connectivity index (χ3n) is 5.31. The normalized spacial score (nSPS) is 16.1. The highest BCUT2D eigenvalue weighted by atomic mass is 19.1. The molecule has 2 aromatic carbocycles. The van der Waals surface area contributed by atoms with Crippen LogP contribution in [0.2, 0.25) is 0 Å². The Bertz CT molecular complexity index is 876. The van der Waals surface area contributed by atoms with Crippen LogP contribution in [0.4, 0.5) is 15.8 Å². The van der Waals surface area contributed by atoms with Gasteiger partial charge in [-0.3, -0.25) is 9.69 Å². The van der Waals surface area contributed by atoms with E-state index >= 15 is 0 Å². The van der Waals surface area contributed by atoms with E-state index in [1.165, 1.54) is 12.1 Å². The Morgan fingerprint density at radius 2 is 1.69 bits per heavy atom. The van der Waals surface area contributed by atoms with E-state index in [4.69, 9.17) is 0 Å². The van der Waals surface area contributed by atoms with Gasteiger partial charge in [0.05, 0.1) is 5.69 Å². The third kappa shape index (κ3) is 5.55. The molecule has 3 rings (SSSR count). The molecular formula is C23H30FN3O2. The number of hydrogen-bond donors (Lipinski definition) is 2. The molecule has 156 valence electrons. The average molecular weight is 400 g/mol. The molecule has 1 aliphatic rings. The standard InChI is InChI=1S/C23H30FN3O2/c1-16(2)18-4-5-19(23(29)22(14-18)25-17(3)28)15-26-10-12-27(13-11-26)21-8-6-20(24)7-9-21/h4-9,14,16-17,28H,10-13,15H2,1-3H3,(H,25,29). The number of halogens is 1. The molecule has 1 atom stereocenters. The number of hydrogen-bond acceptors (Lipinski definition) is 5. The summed E-state index contributed by atoms with van der Waals surface area (Å²) in [7, 11) is 0. The Morgan fingerprint density at radius 3 is 2.28 bits per heavy atom. The summed E-state index contributed by atoms with van der Waals surface area (Å²) in [4.78, 5) is 17.5. The van der Waals surface area contributed by atoms with E-state index < -0.39 is 6.23 Å². The number of aliphatic hydroxyl groups is 1. The highest BCUT2D eigenvalue weighted by Gasteiger charge is 2.19. The Hall–Kier alpha value is -2.44. The van der Waals surface area contributed by atoms with E-state index in [2.05, 4.69) is 29.0 Å². The average Bonchev–Trinajstić information content (AvgIpc) is 2.83. The fraction of sp³-hybridized carbons (Fsp3) is 0.435. The summed E-state index contributed by atoms with van der Waals surface area (Å²) in [6.45, 7) is 9.65. The van der Waals surface area contributed by atoms with E-state index in [0.717, 1.165) is 43.0 Å². The summed E-state index contributed by atoms with van der Waals surface area (Å²) in [6, 6.07) is 12.3. The van der Waals surface area contributed by atoms with Gasteiger partial charge in [-0.2, -0.15) is 0 Å². The van der Waals surface area contributed by atoms with Crippen molar-refractivity contribution >= 4 is 11.4 Å². The second-order valence-electron chi connectivity index (χ2n) is 7.96. The lowest BCUT2D eigenvalue weighted by Gasteiger charge is -2.36. The van der Waals surface area contributed by atoms with Crippen molar-refractivity contribution in [2.45, 2.75) is 39.5 Å². The van der Waals surface area contributed by atoms with Crippen molar-refractivity contribution in [1.82, 2.24) is 4.90 Å². The first-order chi connectivity index (χ1) is 13.8. The minimum absolute atomic E-state index is 0.0706.